The van der Waals surface area contributed by atoms with Gasteiger partial charge in [-0.15, -0.1) is 0 Å². The molecule has 3 rings (SSSR count). The largest absolute Gasteiger partial charge is 0.323 e. The predicted molar refractivity (Wildman–Crippen MR) is 112 cm³/mol. The summed E-state index contributed by atoms with van der Waals surface area (Å²) in [6.07, 6.45) is 2.77. The number of nitrogens with one attached hydrogen (secondary N) is 1. The summed E-state index contributed by atoms with van der Waals surface area (Å²) >= 11 is 5.88. The molecule has 2 aromatic rings. The number of halogens is 1. The Labute approximate surface area is 185 Å². The first kappa shape index (κ1) is 23.2. The molecule has 1 aromatic heterocycles. The van der Waals surface area contributed by atoms with Gasteiger partial charge in [0.2, 0.25) is 0 Å². The van der Waals surface area contributed by atoms with Crippen molar-refractivity contribution in [3.05, 3.63) is 84.7 Å². The van der Waals surface area contributed by atoms with E-state index in [4.69, 9.17) is 11.6 Å². The maximum Gasteiger partial charge on any atom is 0.323 e. The molecule has 0 radical (unpaired) electrons. The van der Waals surface area contributed by atoms with Crippen LogP contribution in [0.3, 0.4) is 0 Å². The Bertz CT molecular complexity index is 1320. The van der Waals surface area contributed by atoms with Gasteiger partial charge in [0.15, 0.2) is 0 Å². The number of aromatic nitrogens is 2. The Hall–Kier alpha value is -3.42. The Morgan fingerprint density at radius 1 is 1.22 bits per heavy atom. The molecule has 1 aliphatic carbocycles. The normalized spacial score (nSPS) is 23.2. The van der Waals surface area contributed by atoms with E-state index in [1.165, 1.54) is 12.3 Å². The van der Waals surface area contributed by atoms with Crippen molar-refractivity contribution in [3.63, 3.8) is 0 Å². The number of rotatable bonds is 6. The van der Waals surface area contributed by atoms with Crippen molar-refractivity contribution in [2.75, 3.05) is 0 Å². The number of Topliss-reactive ketones (excluding diaryl/α,β-unsaturated/α-hetero) is 1. The molecule has 0 amide bonds. The maximum atomic E-state index is 13.5. The lowest BCUT2D eigenvalue weighted by Crippen LogP contribution is -2.51. The van der Waals surface area contributed by atoms with Gasteiger partial charge in [0.25, 0.3) is 21.6 Å². The Kier molecular flexibility index (Phi) is 5.53. The van der Waals surface area contributed by atoms with Crippen molar-refractivity contribution < 1.29 is 27.6 Å². The minimum absolute atomic E-state index is 0.00778. The van der Waals surface area contributed by atoms with Gasteiger partial charge in [0.05, 0.1) is 10.6 Å². The average molecular weight is 483 g/mol. The summed E-state index contributed by atoms with van der Waals surface area (Å²) in [7, 11) is -4.88. The molecule has 2 unspecified atom stereocenters. The third-order valence-corrected chi connectivity index (χ3v) is 7.07. The fourth-order valence-electron chi connectivity index (χ4n) is 3.71. The standard InChI is InChI=1S/C18H15ClN4O8S/c1-10-15(13-5-8-20-21-13)17(2,32(29,30)31)6-7-18(10,23(27)28)16(24)12-9-11(19)3-4-14(12)22(25)26/h3-9H,1-2H3,(H,20,21)(H,29,30,31). The van der Waals surface area contributed by atoms with Crippen LogP contribution in [-0.4, -0.2) is 49.1 Å². The zero-order chi connectivity index (χ0) is 24.1. The number of aromatic amines is 1. The van der Waals surface area contributed by atoms with Crippen LogP contribution in [0.1, 0.15) is 29.9 Å². The maximum absolute atomic E-state index is 13.5. The SMILES string of the molecule is CC1=C(c2ccn[nH]2)C(C)(S(=O)(=O)O)C=CC1(C(=O)c1cc(Cl)ccc1[N+](=O)[O-])[N+](=O)[O-]. The van der Waals surface area contributed by atoms with Crippen molar-refractivity contribution >= 4 is 38.8 Å². The third-order valence-electron chi connectivity index (χ3n) is 5.43. The quantitative estimate of drug-likeness (QED) is 0.205. The third kappa shape index (κ3) is 3.30. The van der Waals surface area contributed by atoms with E-state index in [1.807, 2.05) is 0 Å². The first-order valence-corrected chi connectivity index (χ1v) is 10.6. The molecule has 1 heterocycles. The van der Waals surface area contributed by atoms with Gasteiger partial charge < -0.3 is 0 Å². The Balaban J connectivity index is 2.41. The number of ketones is 1. The van der Waals surface area contributed by atoms with Gasteiger partial charge >= 0.3 is 5.54 Å². The van der Waals surface area contributed by atoms with Crippen molar-refractivity contribution in [1.29, 1.82) is 0 Å². The van der Waals surface area contributed by atoms with Crippen LogP contribution in [0.5, 0.6) is 0 Å². The molecule has 0 spiro atoms. The molecule has 12 nitrogen and oxygen atoms in total. The number of nitro groups is 2. The zero-order valence-corrected chi connectivity index (χ0v) is 18.0. The van der Waals surface area contributed by atoms with Crippen molar-refractivity contribution in [2.24, 2.45) is 0 Å². The van der Waals surface area contributed by atoms with Gasteiger partial charge in [-0.05, 0) is 32.0 Å². The number of nitrogens with zero attached hydrogens (tertiary/aromatic N) is 3. The molecular formula is C18H15ClN4O8S. The molecule has 0 saturated carbocycles. The van der Waals surface area contributed by atoms with E-state index in [2.05, 4.69) is 10.2 Å². The van der Waals surface area contributed by atoms with Crippen LogP contribution in [-0.2, 0) is 10.1 Å². The average Bonchev–Trinajstić information content (AvgIpc) is 3.20. The molecule has 2 atom stereocenters. The lowest BCUT2D eigenvalue weighted by molar-refractivity contribution is -0.524. The summed E-state index contributed by atoms with van der Waals surface area (Å²) in [6, 6.07) is 4.33. The highest BCUT2D eigenvalue weighted by Crippen LogP contribution is 2.46. The number of carbonyl (C=O) groups is 1. The summed E-state index contributed by atoms with van der Waals surface area (Å²) in [6.45, 7) is 2.23. The van der Waals surface area contributed by atoms with Crippen LogP contribution in [0.2, 0.25) is 5.02 Å². The first-order valence-electron chi connectivity index (χ1n) is 8.79. The van der Waals surface area contributed by atoms with Crippen LogP contribution in [0.15, 0.2) is 48.2 Å². The predicted octanol–water partition coefficient (Wildman–Crippen LogP) is 2.86. The molecule has 0 saturated heterocycles. The van der Waals surface area contributed by atoms with Gasteiger partial charge in [-0.25, -0.2) is 0 Å². The number of nitro benzene ring substituents is 1. The van der Waals surface area contributed by atoms with Crippen LogP contribution < -0.4 is 0 Å². The Morgan fingerprint density at radius 2 is 1.88 bits per heavy atom. The lowest BCUT2D eigenvalue weighted by Gasteiger charge is -2.35. The monoisotopic (exact) mass is 482 g/mol. The van der Waals surface area contributed by atoms with Gasteiger partial charge in [-0.1, -0.05) is 17.7 Å². The molecule has 2 N–H and O–H groups in total. The van der Waals surface area contributed by atoms with Crippen LogP contribution in [0.4, 0.5) is 5.69 Å². The molecule has 32 heavy (non-hydrogen) atoms. The number of hydrogen-bond acceptors (Lipinski definition) is 8. The van der Waals surface area contributed by atoms with Crippen molar-refractivity contribution in [1.82, 2.24) is 10.2 Å². The lowest BCUT2D eigenvalue weighted by atomic mass is 9.73. The van der Waals surface area contributed by atoms with E-state index >= 15 is 0 Å². The molecule has 1 aliphatic rings. The van der Waals surface area contributed by atoms with Gasteiger partial charge in [-0.3, -0.25) is 34.7 Å². The minimum Gasteiger partial charge on any atom is -0.285 e. The summed E-state index contributed by atoms with van der Waals surface area (Å²) in [5.41, 5.74) is -4.76. The number of benzene rings is 1. The topological polar surface area (TPSA) is 186 Å². The van der Waals surface area contributed by atoms with Crippen LogP contribution in [0, 0.1) is 20.2 Å². The van der Waals surface area contributed by atoms with E-state index < -0.39 is 47.3 Å². The van der Waals surface area contributed by atoms with Crippen molar-refractivity contribution in [3.8, 4) is 0 Å². The second-order valence-electron chi connectivity index (χ2n) is 7.16. The number of H-pyrrole nitrogens is 1. The molecule has 168 valence electrons. The van der Waals surface area contributed by atoms with Gasteiger partial charge in [0.1, 0.15) is 10.3 Å². The number of hydrogen-bond donors (Lipinski definition) is 2. The summed E-state index contributed by atoms with van der Waals surface area (Å²) in [5, 5.41) is 29.9. The van der Waals surface area contributed by atoms with Gasteiger partial charge in [-0.2, -0.15) is 13.5 Å². The summed E-state index contributed by atoms with van der Waals surface area (Å²) in [5.74, 6) is -1.31. The molecule has 0 bridgehead atoms. The second kappa shape index (κ2) is 7.62. The number of carbonyl (C=O) groups excluding carboxylic acids is 1. The fourth-order valence-corrected chi connectivity index (χ4v) is 4.64. The smallest absolute Gasteiger partial charge is 0.285 e. The second-order valence-corrected chi connectivity index (χ2v) is 9.39. The van der Waals surface area contributed by atoms with Crippen molar-refractivity contribution in [2.45, 2.75) is 24.1 Å². The molecule has 14 heteroatoms. The van der Waals surface area contributed by atoms with Gasteiger partial charge in [0, 0.05) is 39.4 Å². The molecular weight excluding hydrogens is 468 g/mol. The van der Waals surface area contributed by atoms with E-state index in [-0.39, 0.29) is 21.9 Å². The minimum atomic E-state index is -4.88. The molecule has 1 aromatic carbocycles. The Morgan fingerprint density at radius 3 is 2.38 bits per heavy atom. The van der Waals surface area contributed by atoms with Crippen LogP contribution in [0.25, 0.3) is 5.57 Å². The highest BCUT2D eigenvalue weighted by atomic mass is 35.5. The fraction of sp³-hybridized carbons (Fsp3) is 0.222. The summed E-state index contributed by atoms with van der Waals surface area (Å²) < 4.78 is 32.2. The van der Waals surface area contributed by atoms with Crippen LogP contribution >= 0.6 is 11.6 Å². The summed E-state index contributed by atoms with van der Waals surface area (Å²) in [4.78, 5) is 35.4. The van der Waals surface area contributed by atoms with E-state index in [0.717, 1.165) is 38.1 Å². The zero-order valence-electron chi connectivity index (χ0n) is 16.5. The first-order chi connectivity index (χ1) is 14.8. The highest BCUT2D eigenvalue weighted by molar-refractivity contribution is 7.88. The molecule has 0 fully saturated rings. The molecule has 0 aliphatic heterocycles. The highest BCUT2D eigenvalue weighted by Gasteiger charge is 2.59. The van der Waals surface area contributed by atoms with E-state index in [1.54, 1.807) is 0 Å². The van der Waals surface area contributed by atoms with E-state index in [9.17, 15) is 38.0 Å². The van der Waals surface area contributed by atoms with E-state index in [0.29, 0.717) is 6.08 Å².